The van der Waals surface area contributed by atoms with E-state index in [1.165, 1.54) is 6.33 Å². The van der Waals surface area contributed by atoms with Crippen LogP contribution >= 0.6 is 11.6 Å². The zero-order chi connectivity index (χ0) is 18.5. The summed E-state index contributed by atoms with van der Waals surface area (Å²) < 4.78 is 42.0. The highest BCUT2D eigenvalue weighted by molar-refractivity contribution is 7.87. The van der Waals surface area contributed by atoms with Crippen LogP contribution in [0.15, 0.2) is 12.4 Å². The van der Waals surface area contributed by atoms with Gasteiger partial charge in [-0.2, -0.15) is 23.0 Å². The van der Waals surface area contributed by atoms with E-state index in [1.54, 1.807) is 4.52 Å². The highest BCUT2D eigenvalue weighted by Gasteiger charge is 2.53. The minimum atomic E-state index is -3.63. The van der Waals surface area contributed by atoms with E-state index >= 15 is 0 Å². The molecule has 1 spiro atoms. The van der Waals surface area contributed by atoms with Crippen LogP contribution in [0.1, 0.15) is 18.4 Å². The Morgan fingerprint density at radius 1 is 1.42 bits per heavy atom. The van der Waals surface area contributed by atoms with Gasteiger partial charge in [0, 0.05) is 31.1 Å². The molecule has 0 atom stereocenters. The average Bonchev–Trinajstić information content (AvgIpc) is 2.81. The van der Waals surface area contributed by atoms with Crippen molar-refractivity contribution in [3.63, 3.8) is 0 Å². The number of nitrogens with one attached hydrogen (secondary N) is 2. The Balaban J connectivity index is 1.39. The first-order valence-electron chi connectivity index (χ1n) is 8.39. The van der Waals surface area contributed by atoms with Gasteiger partial charge in [-0.1, -0.05) is 11.6 Å². The fraction of sp³-hybridized carbons (Fsp3) is 0.600. The van der Waals surface area contributed by atoms with E-state index in [0.717, 1.165) is 42.8 Å². The van der Waals surface area contributed by atoms with Crippen molar-refractivity contribution in [2.45, 2.75) is 25.8 Å². The molecule has 8 nitrogen and oxygen atoms in total. The minimum Gasteiger partial charge on any atom is -0.354 e. The number of anilines is 1. The number of hydrogen-bond acceptors (Lipinski definition) is 5. The molecule has 1 aliphatic heterocycles. The predicted molar refractivity (Wildman–Crippen MR) is 96.4 cm³/mol. The lowest BCUT2D eigenvalue weighted by Gasteiger charge is -2.59. The molecule has 1 aliphatic carbocycles. The summed E-state index contributed by atoms with van der Waals surface area (Å²) in [6.45, 7) is 2.68. The number of hydrogen-bond donors (Lipinski definition) is 2. The smallest absolute Gasteiger partial charge is 0.277 e. The molecule has 4 rings (SSSR count). The van der Waals surface area contributed by atoms with Crippen molar-refractivity contribution in [2.75, 3.05) is 31.2 Å². The molecule has 1 saturated carbocycles. The average molecular weight is 403 g/mol. The fourth-order valence-electron chi connectivity index (χ4n) is 4.07. The van der Waals surface area contributed by atoms with Crippen molar-refractivity contribution >= 4 is 33.1 Å². The summed E-state index contributed by atoms with van der Waals surface area (Å²) in [4.78, 5) is 6.59. The Bertz CT molecular complexity index is 935. The van der Waals surface area contributed by atoms with E-state index in [4.69, 9.17) is 11.6 Å². The second kappa shape index (κ2) is 6.29. The standard InChI is InChI=1S/C15H20ClFN6O2S/c1-10-4-12(16)23-13(10)14(18-9-19-23)22-7-15(8-22)5-11(6-15)21-26(24,25)20-3-2-17/h4,9,11,20-21H,2-3,5-8H2,1H3. The van der Waals surface area contributed by atoms with Crippen LogP contribution in [0.25, 0.3) is 5.52 Å². The largest absolute Gasteiger partial charge is 0.354 e. The van der Waals surface area contributed by atoms with Gasteiger partial charge in [-0.3, -0.25) is 0 Å². The van der Waals surface area contributed by atoms with E-state index in [2.05, 4.69) is 24.4 Å². The molecule has 0 aromatic carbocycles. The lowest BCUT2D eigenvalue weighted by Crippen LogP contribution is -2.67. The zero-order valence-electron chi connectivity index (χ0n) is 14.2. The van der Waals surface area contributed by atoms with Crippen molar-refractivity contribution in [3.8, 4) is 0 Å². The monoisotopic (exact) mass is 402 g/mol. The van der Waals surface area contributed by atoms with Crippen LogP contribution in [0.3, 0.4) is 0 Å². The topological polar surface area (TPSA) is 91.6 Å². The molecule has 0 radical (unpaired) electrons. The summed E-state index contributed by atoms with van der Waals surface area (Å²) in [7, 11) is -3.63. The normalized spacial score (nSPS) is 19.7. The molecule has 2 aromatic rings. The summed E-state index contributed by atoms with van der Waals surface area (Å²) in [6.07, 6.45) is 3.03. The van der Waals surface area contributed by atoms with Gasteiger partial charge in [0.1, 0.15) is 23.7 Å². The third kappa shape index (κ3) is 3.04. The van der Waals surface area contributed by atoms with Gasteiger partial charge in [0.2, 0.25) is 0 Å². The van der Waals surface area contributed by atoms with Crippen LogP contribution in [0.4, 0.5) is 10.2 Å². The van der Waals surface area contributed by atoms with Gasteiger partial charge < -0.3 is 4.90 Å². The van der Waals surface area contributed by atoms with E-state index in [-0.39, 0.29) is 18.0 Å². The molecule has 2 N–H and O–H groups in total. The quantitative estimate of drug-likeness (QED) is 0.753. The highest BCUT2D eigenvalue weighted by Crippen LogP contribution is 2.50. The van der Waals surface area contributed by atoms with Crippen LogP contribution in [-0.2, 0) is 10.2 Å². The first-order chi connectivity index (χ1) is 12.3. The SMILES string of the molecule is Cc1cc(Cl)n2ncnc(N3CC4(CC(NS(=O)(=O)NCCF)C4)C3)c12. The molecule has 2 fully saturated rings. The van der Waals surface area contributed by atoms with Crippen molar-refractivity contribution in [1.82, 2.24) is 24.0 Å². The maximum absolute atomic E-state index is 12.1. The highest BCUT2D eigenvalue weighted by atomic mass is 35.5. The molecule has 0 unspecified atom stereocenters. The van der Waals surface area contributed by atoms with E-state index < -0.39 is 16.9 Å². The zero-order valence-corrected chi connectivity index (χ0v) is 15.8. The van der Waals surface area contributed by atoms with Gasteiger partial charge in [0.25, 0.3) is 10.2 Å². The molecule has 26 heavy (non-hydrogen) atoms. The molecule has 3 heterocycles. The van der Waals surface area contributed by atoms with Gasteiger partial charge in [0.05, 0.1) is 0 Å². The van der Waals surface area contributed by atoms with Crippen LogP contribution < -0.4 is 14.3 Å². The van der Waals surface area contributed by atoms with Crippen molar-refractivity contribution < 1.29 is 12.8 Å². The third-order valence-electron chi connectivity index (χ3n) is 5.10. The fourth-order valence-corrected chi connectivity index (χ4v) is 5.39. The summed E-state index contributed by atoms with van der Waals surface area (Å²) in [6, 6.07) is 1.76. The summed E-state index contributed by atoms with van der Waals surface area (Å²) in [5.41, 5.74) is 2.03. The van der Waals surface area contributed by atoms with E-state index in [0.29, 0.717) is 5.15 Å². The second-order valence-electron chi connectivity index (χ2n) is 7.16. The van der Waals surface area contributed by atoms with Crippen molar-refractivity contribution in [3.05, 3.63) is 23.1 Å². The maximum atomic E-state index is 12.1. The van der Waals surface area contributed by atoms with Gasteiger partial charge >= 0.3 is 0 Å². The molecular weight excluding hydrogens is 383 g/mol. The van der Waals surface area contributed by atoms with Gasteiger partial charge in [-0.15, -0.1) is 0 Å². The molecule has 0 amide bonds. The molecule has 0 bridgehead atoms. The number of aryl methyl sites for hydroxylation is 1. The van der Waals surface area contributed by atoms with Gasteiger partial charge in [0.15, 0.2) is 5.82 Å². The van der Waals surface area contributed by atoms with Crippen molar-refractivity contribution in [2.24, 2.45) is 5.41 Å². The Labute approximate surface area is 155 Å². The molecular formula is C15H20ClFN6O2S. The Kier molecular flexibility index (Phi) is 4.33. The number of nitrogens with zero attached hydrogens (tertiary/aromatic N) is 4. The Morgan fingerprint density at radius 3 is 2.85 bits per heavy atom. The molecule has 11 heteroatoms. The molecule has 1 saturated heterocycles. The maximum Gasteiger partial charge on any atom is 0.277 e. The van der Waals surface area contributed by atoms with Gasteiger partial charge in [-0.25, -0.2) is 13.9 Å². The number of fused-ring (bicyclic) bond motifs is 1. The molecule has 142 valence electrons. The minimum absolute atomic E-state index is 0.107. The third-order valence-corrected chi connectivity index (χ3v) is 6.60. The lowest BCUT2D eigenvalue weighted by atomic mass is 9.61. The van der Waals surface area contributed by atoms with Crippen LogP contribution in [0, 0.1) is 12.3 Å². The summed E-state index contributed by atoms with van der Waals surface area (Å²) >= 11 is 6.19. The number of aromatic nitrogens is 3. The predicted octanol–water partition coefficient (Wildman–Crippen LogP) is 1.05. The molecule has 2 aromatic heterocycles. The summed E-state index contributed by atoms with van der Waals surface area (Å²) in [5, 5.41) is 4.74. The van der Waals surface area contributed by atoms with Gasteiger partial charge in [-0.05, 0) is 31.4 Å². The second-order valence-corrected chi connectivity index (χ2v) is 9.08. The van der Waals surface area contributed by atoms with E-state index in [9.17, 15) is 12.8 Å². The van der Waals surface area contributed by atoms with Crippen LogP contribution in [0.5, 0.6) is 0 Å². The lowest BCUT2D eigenvalue weighted by molar-refractivity contribution is 0.0584. The first-order valence-corrected chi connectivity index (χ1v) is 10.3. The Morgan fingerprint density at radius 2 is 2.15 bits per heavy atom. The number of halogens is 2. The summed E-state index contributed by atoms with van der Waals surface area (Å²) in [5.74, 6) is 0.851. The molecule has 2 aliphatic rings. The van der Waals surface area contributed by atoms with Crippen molar-refractivity contribution in [1.29, 1.82) is 0 Å². The van der Waals surface area contributed by atoms with Crippen LogP contribution in [-0.4, -0.2) is 55.4 Å². The number of rotatable bonds is 6. The number of alkyl halides is 1. The Hall–Kier alpha value is -1.49. The van der Waals surface area contributed by atoms with Crippen LogP contribution in [0.2, 0.25) is 5.15 Å². The first kappa shape index (κ1) is 17.9. The van der Waals surface area contributed by atoms with E-state index in [1.807, 2.05) is 13.0 Å².